The van der Waals surface area contributed by atoms with Crippen LogP contribution in [0.2, 0.25) is 10.0 Å². The number of aliphatic carboxylic acids is 1. The Bertz CT molecular complexity index is 1450. The quantitative estimate of drug-likeness (QED) is 0.310. The Labute approximate surface area is 244 Å². The highest BCUT2D eigenvalue weighted by Gasteiger charge is 2.45. The van der Waals surface area contributed by atoms with Crippen molar-refractivity contribution in [2.75, 3.05) is 12.8 Å². The Morgan fingerprint density at radius 3 is 2.54 bits per heavy atom. The van der Waals surface area contributed by atoms with Crippen LogP contribution in [0.25, 0.3) is 11.3 Å². The van der Waals surface area contributed by atoms with Crippen LogP contribution in [-0.4, -0.2) is 88.2 Å². The van der Waals surface area contributed by atoms with E-state index in [1.807, 2.05) is 0 Å². The molecule has 222 valence electrons. The number of aliphatic hydroxyl groups excluding tert-OH is 1. The van der Waals surface area contributed by atoms with Gasteiger partial charge in [-0.3, -0.25) is 24.2 Å². The van der Waals surface area contributed by atoms with Crippen molar-refractivity contribution in [3.63, 3.8) is 0 Å². The number of sulfonamides is 1. The number of oxazole rings is 1. The van der Waals surface area contributed by atoms with Crippen molar-refractivity contribution in [3.05, 3.63) is 40.3 Å². The first-order chi connectivity index (χ1) is 19.3. The lowest BCUT2D eigenvalue weighted by Gasteiger charge is -2.43. The molecule has 2 saturated heterocycles. The predicted molar refractivity (Wildman–Crippen MR) is 144 cm³/mol. The number of nitrogens with zero attached hydrogens (tertiary/aromatic N) is 3. The van der Waals surface area contributed by atoms with Crippen LogP contribution in [0.15, 0.2) is 28.8 Å². The summed E-state index contributed by atoms with van der Waals surface area (Å²) in [4.78, 5) is 55.3. The molecule has 2 aliphatic rings. The van der Waals surface area contributed by atoms with Crippen molar-refractivity contribution in [2.24, 2.45) is 0 Å². The minimum Gasteiger partial charge on any atom is -0.481 e. The summed E-state index contributed by atoms with van der Waals surface area (Å²) in [6.07, 6.45) is -0.189. The number of hydrogen-bond acceptors (Lipinski definition) is 9. The molecule has 17 heteroatoms. The number of carboxylic acids is 1. The van der Waals surface area contributed by atoms with Crippen molar-refractivity contribution in [1.82, 2.24) is 25.0 Å². The van der Waals surface area contributed by atoms with Gasteiger partial charge in [0.15, 0.2) is 11.9 Å². The zero-order valence-corrected chi connectivity index (χ0v) is 23.9. The van der Waals surface area contributed by atoms with Gasteiger partial charge in [0.25, 0.3) is 5.91 Å². The molecule has 4 unspecified atom stereocenters. The number of benzene rings is 1. The number of carbonyl (C=O) groups excluding carboxylic acids is 3. The van der Waals surface area contributed by atoms with Crippen molar-refractivity contribution in [2.45, 2.75) is 56.3 Å². The Hall–Kier alpha value is -3.24. The van der Waals surface area contributed by atoms with E-state index in [4.69, 9.17) is 27.6 Å². The minimum absolute atomic E-state index is 0.0936. The molecule has 41 heavy (non-hydrogen) atoms. The van der Waals surface area contributed by atoms with Gasteiger partial charge in [-0.25, -0.2) is 23.1 Å². The summed E-state index contributed by atoms with van der Waals surface area (Å²) in [5.74, 6) is -3.73. The van der Waals surface area contributed by atoms with E-state index in [1.54, 1.807) is 18.2 Å². The van der Waals surface area contributed by atoms with Crippen molar-refractivity contribution < 1.29 is 42.2 Å². The van der Waals surface area contributed by atoms with Gasteiger partial charge >= 0.3 is 5.97 Å². The van der Waals surface area contributed by atoms with Crippen molar-refractivity contribution >= 4 is 56.9 Å². The number of hydrogen-bond donors (Lipinski definition) is 4. The van der Waals surface area contributed by atoms with Crippen LogP contribution in [0.1, 0.15) is 44.1 Å². The first-order valence-corrected chi connectivity index (χ1v) is 15.1. The second kappa shape index (κ2) is 12.3. The molecule has 0 spiro atoms. The number of nitrogens with one attached hydrogen (secondary N) is 2. The molecule has 2 fully saturated rings. The van der Waals surface area contributed by atoms with Gasteiger partial charge in [-0.15, -0.1) is 0 Å². The lowest BCUT2D eigenvalue weighted by molar-refractivity contribution is -0.176. The summed E-state index contributed by atoms with van der Waals surface area (Å²) in [5, 5.41) is 25.4. The molecule has 0 saturated carbocycles. The zero-order valence-electron chi connectivity index (χ0n) is 21.6. The van der Waals surface area contributed by atoms with Crippen LogP contribution in [0.3, 0.4) is 0 Å². The van der Waals surface area contributed by atoms with Gasteiger partial charge in [0.05, 0.1) is 40.5 Å². The third-order valence-electron chi connectivity index (χ3n) is 6.61. The van der Waals surface area contributed by atoms with Crippen LogP contribution < -0.4 is 10.0 Å². The third-order valence-corrected chi connectivity index (χ3v) is 7.95. The molecule has 3 amide bonds. The average molecular weight is 632 g/mol. The summed E-state index contributed by atoms with van der Waals surface area (Å²) in [6.45, 7) is 0.130. The SMILES string of the molecule is CS(=O)(=O)NC1CCC(=O)N2CCCC(C(=O)NC(CC(=O)O)C(O)c3ncc(-c4c(Cl)cccc4Cl)o3)N2C1=O. The fourth-order valence-corrected chi connectivity index (χ4v) is 6.11. The third kappa shape index (κ3) is 6.98. The van der Waals surface area contributed by atoms with Crippen molar-refractivity contribution in [3.8, 4) is 11.3 Å². The molecular formula is C24H27Cl2N5O9S. The highest BCUT2D eigenvalue weighted by molar-refractivity contribution is 7.88. The monoisotopic (exact) mass is 631 g/mol. The van der Waals surface area contributed by atoms with E-state index in [0.29, 0.717) is 12.0 Å². The maximum Gasteiger partial charge on any atom is 0.305 e. The van der Waals surface area contributed by atoms with Gasteiger partial charge in [-0.2, -0.15) is 0 Å². The van der Waals surface area contributed by atoms with Crippen LogP contribution >= 0.6 is 23.2 Å². The molecule has 0 aliphatic carbocycles. The number of fused-ring (bicyclic) bond motifs is 1. The Kier molecular flexibility index (Phi) is 9.23. The number of hydrazine groups is 1. The van der Waals surface area contributed by atoms with Gasteiger partial charge in [-0.1, -0.05) is 29.3 Å². The Balaban J connectivity index is 1.59. The summed E-state index contributed by atoms with van der Waals surface area (Å²) < 4.78 is 31.5. The molecule has 4 N–H and O–H groups in total. The summed E-state index contributed by atoms with van der Waals surface area (Å²) in [6, 6.07) is 0.710. The largest absolute Gasteiger partial charge is 0.481 e. The van der Waals surface area contributed by atoms with Crippen molar-refractivity contribution in [1.29, 1.82) is 0 Å². The number of carboxylic acid groups (broad SMARTS) is 1. The van der Waals surface area contributed by atoms with Gasteiger partial charge in [-0.05, 0) is 31.4 Å². The minimum atomic E-state index is -3.82. The number of rotatable bonds is 9. The van der Waals surface area contributed by atoms with E-state index in [-0.39, 0.29) is 47.5 Å². The average Bonchev–Trinajstić information content (AvgIpc) is 3.33. The van der Waals surface area contributed by atoms with Crippen LogP contribution in [0.4, 0.5) is 0 Å². The maximum atomic E-state index is 13.5. The topological polar surface area (TPSA) is 199 Å². The van der Waals surface area contributed by atoms with Gasteiger partial charge in [0, 0.05) is 13.0 Å². The van der Waals surface area contributed by atoms with Crippen LogP contribution in [0.5, 0.6) is 0 Å². The molecule has 1 aromatic carbocycles. The van der Waals surface area contributed by atoms with E-state index in [9.17, 15) is 37.8 Å². The van der Waals surface area contributed by atoms with E-state index in [0.717, 1.165) is 16.3 Å². The summed E-state index contributed by atoms with van der Waals surface area (Å²) in [7, 11) is -3.82. The van der Waals surface area contributed by atoms with Crippen LogP contribution in [-0.2, 0) is 29.2 Å². The second-order valence-corrected chi connectivity index (χ2v) is 12.3. The highest BCUT2D eigenvalue weighted by Crippen LogP contribution is 2.36. The second-order valence-electron chi connectivity index (χ2n) is 9.66. The molecule has 1 aromatic heterocycles. The molecular weight excluding hydrogens is 605 g/mol. The van der Waals surface area contributed by atoms with E-state index in [2.05, 4.69) is 15.0 Å². The fraction of sp³-hybridized carbons (Fsp3) is 0.458. The molecule has 0 bridgehead atoms. The molecule has 3 heterocycles. The fourth-order valence-electron chi connectivity index (χ4n) is 4.79. The lowest BCUT2D eigenvalue weighted by atomic mass is 10.0. The lowest BCUT2D eigenvalue weighted by Crippen LogP contribution is -2.64. The molecule has 4 rings (SSSR count). The van der Waals surface area contributed by atoms with E-state index < -0.39 is 64.4 Å². The van der Waals surface area contributed by atoms with E-state index in [1.165, 1.54) is 6.20 Å². The summed E-state index contributed by atoms with van der Waals surface area (Å²) in [5.41, 5.74) is 0.296. The number of halogens is 2. The molecule has 14 nitrogen and oxygen atoms in total. The smallest absolute Gasteiger partial charge is 0.305 e. The first kappa shape index (κ1) is 30.7. The number of aromatic nitrogens is 1. The van der Waals surface area contributed by atoms with Gasteiger partial charge in [0.2, 0.25) is 27.7 Å². The van der Waals surface area contributed by atoms with E-state index >= 15 is 0 Å². The molecule has 4 atom stereocenters. The first-order valence-electron chi connectivity index (χ1n) is 12.5. The Morgan fingerprint density at radius 1 is 1.22 bits per heavy atom. The van der Waals surface area contributed by atoms with Crippen LogP contribution in [0, 0.1) is 0 Å². The molecule has 0 radical (unpaired) electrons. The Morgan fingerprint density at radius 2 is 1.90 bits per heavy atom. The zero-order chi connectivity index (χ0) is 30.1. The van der Waals surface area contributed by atoms with Gasteiger partial charge in [0.1, 0.15) is 12.1 Å². The standard InChI is InChI=1S/C24H27Cl2N5O9S/c1-41(38,39)29-14-7-8-18(32)30-9-3-6-16(31(30)24(14)37)22(36)28-15(10-19(33)34)21(35)23-27-11-17(40-23)20-12(25)4-2-5-13(20)26/h2,4-5,11,14-16,21,29,35H,3,6-10H2,1H3,(H,28,36)(H,33,34). The number of aliphatic hydroxyl groups is 1. The summed E-state index contributed by atoms with van der Waals surface area (Å²) >= 11 is 12.4. The predicted octanol–water partition coefficient (Wildman–Crippen LogP) is 1.09. The number of amides is 3. The number of carbonyl (C=O) groups is 4. The maximum absolute atomic E-state index is 13.5. The van der Waals surface area contributed by atoms with Gasteiger partial charge < -0.3 is 19.9 Å². The molecule has 2 aromatic rings. The highest BCUT2D eigenvalue weighted by atomic mass is 35.5. The molecule has 2 aliphatic heterocycles. The normalized spacial score (nSPS) is 21.2.